The van der Waals surface area contributed by atoms with Crippen molar-refractivity contribution in [1.82, 2.24) is 10.2 Å². The normalized spacial score (nSPS) is 10.9. The molecule has 0 saturated heterocycles. The highest BCUT2D eigenvalue weighted by Gasteiger charge is 2.21. The fourth-order valence-corrected chi connectivity index (χ4v) is 3.35. The molecule has 0 bridgehead atoms. The number of rotatable bonds is 6. The van der Waals surface area contributed by atoms with Gasteiger partial charge in [0.25, 0.3) is 5.56 Å². The smallest absolute Gasteiger partial charge is 0.276 e. The van der Waals surface area contributed by atoms with Crippen molar-refractivity contribution in [3.8, 4) is 28.1 Å². The highest BCUT2D eigenvalue weighted by Crippen LogP contribution is 2.31. The summed E-state index contributed by atoms with van der Waals surface area (Å²) in [7, 11) is 1.60. The summed E-state index contributed by atoms with van der Waals surface area (Å²) in [6.45, 7) is 0. The number of nitrogens with zero attached hydrogens (tertiary/aromatic N) is 1. The van der Waals surface area contributed by atoms with E-state index in [1.807, 2.05) is 84.9 Å². The van der Waals surface area contributed by atoms with Crippen molar-refractivity contribution >= 4 is 11.9 Å². The number of methoxy groups -OCH3 is 1. The molecule has 31 heavy (non-hydrogen) atoms. The van der Waals surface area contributed by atoms with Gasteiger partial charge in [-0.25, -0.2) is 5.10 Å². The number of carbonyl (C=O) groups excluding carboxylic acids is 1. The number of benzene rings is 3. The number of carbonyl (C=O) groups is 1. The van der Waals surface area contributed by atoms with Crippen molar-refractivity contribution in [2.75, 3.05) is 7.11 Å². The van der Waals surface area contributed by atoms with Crippen LogP contribution in [0, 0.1) is 0 Å². The number of aromatic nitrogens is 2. The molecule has 0 fully saturated rings. The van der Waals surface area contributed by atoms with Crippen LogP contribution in [0.25, 0.3) is 28.5 Å². The van der Waals surface area contributed by atoms with Crippen LogP contribution in [0.2, 0.25) is 0 Å². The maximum atomic E-state index is 13.2. The molecule has 0 spiro atoms. The number of ketones is 1. The highest BCUT2D eigenvalue weighted by molar-refractivity contribution is 6.12. The second kappa shape index (κ2) is 9.05. The minimum absolute atomic E-state index is 0.0600. The van der Waals surface area contributed by atoms with Gasteiger partial charge < -0.3 is 4.74 Å². The molecule has 4 rings (SSSR count). The zero-order valence-electron chi connectivity index (χ0n) is 16.9. The standard InChI is InChI=1S/C26H20N2O3/c1-31-21-15-12-18(13-16-21)14-17-22(29)24-23(19-8-4-2-5-9-19)25(27-28-26(24)30)20-10-6-3-7-11-20/h2-17H,1H3,(H,28,30)/b17-14-. The summed E-state index contributed by atoms with van der Waals surface area (Å²) in [6, 6.07) is 26.1. The van der Waals surface area contributed by atoms with Gasteiger partial charge in [-0.3, -0.25) is 9.59 Å². The van der Waals surface area contributed by atoms with Gasteiger partial charge in [0.2, 0.25) is 0 Å². The molecular weight excluding hydrogens is 388 g/mol. The Kier molecular flexibility index (Phi) is 5.85. The van der Waals surface area contributed by atoms with Crippen LogP contribution in [0.4, 0.5) is 0 Å². The Bertz CT molecular complexity index is 1280. The molecule has 5 nitrogen and oxygen atoms in total. The number of H-pyrrole nitrogens is 1. The molecule has 0 saturated carbocycles. The predicted molar refractivity (Wildman–Crippen MR) is 122 cm³/mol. The van der Waals surface area contributed by atoms with E-state index >= 15 is 0 Å². The maximum absolute atomic E-state index is 13.2. The van der Waals surface area contributed by atoms with Crippen LogP contribution >= 0.6 is 0 Å². The summed E-state index contributed by atoms with van der Waals surface area (Å²) in [6.07, 6.45) is 3.09. The fraction of sp³-hybridized carbons (Fsp3) is 0.0385. The lowest BCUT2D eigenvalue weighted by Gasteiger charge is -2.12. The molecule has 0 radical (unpaired) electrons. The van der Waals surface area contributed by atoms with Crippen LogP contribution in [0.3, 0.4) is 0 Å². The van der Waals surface area contributed by atoms with Gasteiger partial charge in [-0.15, -0.1) is 0 Å². The van der Waals surface area contributed by atoms with Crippen LogP contribution in [0.1, 0.15) is 15.9 Å². The second-order valence-corrected chi connectivity index (χ2v) is 6.85. The summed E-state index contributed by atoms with van der Waals surface area (Å²) in [5, 5.41) is 6.77. The SMILES string of the molecule is COc1ccc(/C=C\C(=O)c2c(-c3ccccc3)c(-c3ccccc3)n[nH]c2=O)cc1. The zero-order chi connectivity index (χ0) is 21.6. The second-order valence-electron chi connectivity index (χ2n) is 6.85. The first kappa shape index (κ1) is 20.0. The predicted octanol–water partition coefficient (Wildman–Crippen LogP) is 5.01. The Morgan fingerprint density at radius 3 is 2.10 bits per heavy atom. The third-order valence-corrected chi connectivity index (χ3v) is 4.88. The van der Waals surface area contributed by atoms with Gasteiger partial charge in [0.1, 0.15) is 5.75 Å². The van der Waals surface area contributed by atoms with Gasteiger partial charge in [-0.1, -0.05) is 78.9 Å². The summed E-state index contributed by atoms with van der Waals surface area (Å²) in [5.41, 5.74) is 2.98. The van der Waals surface area contributed by atoms with Crippen LogP contribution in [0.15, 0.2) is 95.8 Å². The van der Waals surface area contributed by atoms with Gasteiger partial charge >= 0.3 is 0 Å². The Morgan fingerprint density at radius 2 is 1.48 bits per heavy atom. The fourth-order valence-electron chi connectivity index (χ4n) is 3.35. The van der Waals surface area contributed by atoms with Crippen molar-refractivity contribution in [3.63, 3.8) is 0 Å². The Hall–Kier alpha value is -4.25. The molecule has 0 aliphatic heterocycles. The van der Waals surface area contributed by atoms with Crippen molar-refractivity contribution < 1.29 is 9.53 Å². The van der Waals surface area contributed by atoms with E-state index in [1.54, 1.807) is 13.2 Å². The molecule has 1 heterocycles. The van der Waals surface area contributed by atoms with Crippen molar-refractivity contribution in [2.45, 2.75) is 0 Å². The van der Waals surface area contributed by atoms with Crippen molar-refractivity contribution in [3.05, 3.63) is 112 Å². The minimum atomic E-state index is -0.525. The van der Waals surface area contributed by atoms with E-state index in [4.69, 9.17) is 4.74 Å². The molecule has 5 heteroatoms. The largest absolute Gasteiger partial charge is 0.497 e. The van der Waals surface area contributed by atoms with Crippen LogP contribution < -0.4 is 10.3 Å². The number of ether oxygens (including phenoxy) is 1. The van der Waals surface area contributed by atoms with E-state index in [2.05, 4.69) is 10.2 Å². The van der Waals surface area contributed by atoms with E-state index in [0.717, 1.165) is 22.4 Å². The van der Waals surface area contributed by atoms with Gasteiger partial charge in [0, 0.05) is 11.1 Å². The number of hydrogen-bond acceptors (Lipinski definition) is 4. The molecular formula is C26H20N2O3. The third-order valence-electron chi connectivity index (χ3n) is 4.88. The first-order valence-corrected chi connectivity index (χ1v) is 9.77. The Balaban J connectivity index is 1.83. The molecule has 152 valence electrons. The first-order valence-electron chi connectivity index (χ1n) is 9.77. The molecule has 0 atom stereocenters. The molecule has 0 aliphatic rings. The number of aromatic amines is 1. The van der Waals surface area contributed by atoms with E-state index in [0.29, 0.717) is 11.3 Å². The maximum Gasteiger partial charge on any atom is 0.276 e. The van der Waals surface area contributed by atoms with E-state index < -0.39 is 11.3 Å². The number of allylic oxidation sites excluding steroid dienone is 1. The molecule has 1 N–H and O–H groups in total. The van der Waals surface area contributed by atoms with E-state index in [1.165, 1.54) is 6.08 Å². The lowest BCUT2D eigenvalue weighted by atomic mass is 9.93. The molecule has 1 aromatic heterocycles. The molecule has 0 unspecified atom stereocenters. The van der Waals surface area contributed by atoms with Crippen molar-refractivity contribution in [2.24, 2.45) is 0 Å². The topological polar surface area (TPSA) is 72.0 Å². The van der Waals surface area contributed by atoms with Gasteiger partial charge in [-0.2, -0.15) is 5.10 Å². The van der Waals surface area contributed by atoms with Crippen LogP contribution in [0.5, 0.6) is 5.75 Å². The van der Waals surface area contributed by atoms with E-state index in [9.17, 15) is 9.59 Å². The monoisotopic (exact) mass is 408 g/mol. The number of nitrogens with one attached hydrogen (secondary N) is 1. The summed E-state index contributed by atoms with van der Waals surface area (Å²) < 4.78 is 5.16. The Labute approximate surface area is 179 Å². The van der Waals surface area contributed by atoms with Gasteiger partial charge in [0.15, 0.2) is 5.78 Å². The molecule has 0 amide bonds. The average molecular weight is 408 g/mol. The van der Waals surface area contributed by atoms with Crippen LogP contribution in [-0.2, 0) is 0 Å². The summed E-state index contributed by atoms with van der Waals surface area (Å²) in [4.78, 5) is 25.9. The Morgan fingerprint density at radius 1 is 0.871 bits per heavy atom. The molecule has 4 aromatic rings. The minimum Gasteiger partial charge on any atom is -0.497 e. The third kappa shape index (κ3) is 4.36. The number of hydrogen-bond donors (Lipinski definition) is 1. The first-order chi connectivity index (χ1) is 15.2. The zero-order valence-corrected chi connectivity index (χ0v) is 16.9. The van der Waals surface area contributed by atoms with Crippen molar-refractivity contribution in [1.29, 1.82) is 0 Å². The lowest BCUT2D eigenvalue weighted by molar-refractivity contribution is 0.104. The summed E-state index contributed by atoms with van der Waals surface area (Å²) >= 11 is 0. The molecule has 3 aromatic carbocycles. The average Bonchev–Trinajstić information content (AvgIpc) is 2.83. The summed E-state index contributed by atoms with van der Waals surface area (Å²) in [5.74, 6) is 0.337. The quantitative estimate of drug-likeness (QED) is 0.360. The van der Waals surface area contributed by atoms with E-state index in [-0.39, 0.29) is 5.56 Å². The molecule has 0 aliphatic carbocycles. The lowest BCUT2D eigenvalue weighted by Crippen LogP contribution is -2.20. The highest BCUT2D eigenvalue weighted by atomic mass is 16.5. The van der Waals surface area contributed by atoms with Gasteiger partial charge in [0.05, 0.1) is 18.4 Å². The van der Waals surface area contributed by atoms with Gasteiger partial charge in [-0.05, 0) is 29.3 Å². The van der Waals surface area contributed by atoms with Crippen LogP contribution in [-0.4, -0.2) is 23.1 Å².